The molecule has 4 nitrogen and oxygen atoms in total. The first-order valence-corrected chi connectivity index (χ1v) is 19.6. The largest absolute Gasteiger partial charge is 0.425 e. The lowest BCUT2D eigenvalue weighted by molar-refractivity contribution is -0.140. The maximum Gasteiger partial charge on any atom is 0.314 e. The van der Waals surface area contributed by atoms with E-state index in [1.54, 1.807) is 0 Å². The molecule has 0 aliphatic rings. The lowest BCUT2D eigenvalue weighted by Crippen LogP contribution is -2.20. The number of esters is 2. The molecule has 0 radical (unpaired) electrons. The summed E-state index contributed by atoms with van der Waals surface area (Å²) in [6, 6.07) is 28.7. The van der Waals surface area contributed by atoms with E-state index in [1.807, 2.05) is 60.7 Å². The van der Waals surface area contributed by atoms with Crippen LogP contribution in [0.2, 0.25) is 0 Å². The van der Waals surface area contributed by atoms with Crippen molar-refractivity contribution in [1.82, 2.24) is 0 Å². The summed E-state index contributed by atoms with van der Waals surface area (Å²) in [4.78, 5) is 27.4. The maximum atomic E-state index is 13.7. The van der Waals surface area contributed by atoms with E-state index in [4.69, 9.17) is 9.47 Å². The lowest BCUT2D eigenvalue weighted by Gasteiger charge is -2.23. The van der Waals surface area contributed by atoms with Gasteiger partial charge >= 0.3 is 11.9 Å². The topological polar surface area (TPSA) is 52.6 Å². The van der Waals surface area contributed by atoms with Crippen LogP contribution in [0.4, 0.5) is 0 Å². The van der Waals surface area contributed by atoms with Gasteiger partial charge in [0.1, 0.15) is 11.5 Å². The molecule has 0 N–H and O–H groups in total. The molecule has 0 saturated carbocycles. The zero-order valence-electron chi connectivity index (χ0n) is 29.3. The first kappa shape index (κ1) is 36.1. The first-order chi connectivity index (χ1) is 24.3. The molecule has 6 rings (SSSR count). The van der Waals surface area contributed by atoms with Crippen LogP contribution in [0.5, 0.6) is 11.5 Å². The summed E-state index contributed by atoms with van der Waals surface area (Å²) in [5.74, 6) is 0.494. The molecule has 6 heteroatoms. The molecule has 0 saturated heterocycles. The highest BCUT2D eigenvalue weighted by molar-refractivity contribution is 9.10. The van der Waals surface area contributed by atoms with Crippen LogP contribution in [-0.2, 0) is 9.59 Å². The average molecular weight is 797 g/mol. The van der Waals surface area contributed by atoms with Gasteiger partial charge in [0.15, 0.2) is 0 Å². The third kappa shape index (κ3) is 7.07. The van der Waals surface area contributed by atoms with Crippen molar-refractivity contribution in [3.8, 4) is 22.6 Å². The number of hydrogen-bond donors (Lipinski definition) is 0. The number of fused-ring (bicyclic) bond motifs is 4. The number of halogens is 2. The minimum atomic E-state index is -0.182. The van der Waals surface area contributed by atoms with Gasteiger partial charge in [-0.15, -0.1) is 0 Å². The summed E-state index contributed by atoms with van der Waals surface area (Å²) >= 11 is 7.51. The fourth-order valence-corrected chi connectivity index (χ4v) is 7.95. The van der Waals surface area contributed by atoms with Crippen molar-refractivity contribution in [2.24, 2.45) is 11.8 Å². The van der Waals surface area contributed by atoms with Crippen LogP contribution in [0.15, 0.2) is 93.9 Å². The predicted octanol–water partition coefficient (Wildman–Crippen LogP) is 13.7. The van der Waals surface area contributed by atoms with Gasteiger partial charge in [-0.3, -0.25) is 9.59 Å². The Hall–Kier alpha value is -3.74. The SMILES string of the molecule is CCCCC(CC)C(=O)Oc1c2ccccc2c(-c2c3ccccc3c(OC(=O)C(CC)CCCC)c3ccc(Br)cc23)c2cc(Br)ccc12. The van der Waals surface area contributed by atoms with Crippen LogP contribution in [0.25, 0.3) is 54.2 Å². The maximum absolute atomic E-state index is 13.7. The normalized spacial score (nSPS) is 12.8. The fourth-order valence-electron chi connectivity index (χ4n) is 7.23. The number of ether oxygens (including phenoxy) is 2. The highest BCUT2D eigenvalue weighted by atomic mass is 79.9. The van der Waals surface area contributed by atoms with Gasteiger partial charge < -0.3 is 9.47 Å². The Morgan fingerprint density at radius 2 is 0.880 bits per heavy atom. The molecule has 0 aliphatic carbocycles. The van der Waals surface area contributed by atoms with E-state index >= 15 is 0 Å². The second-order valence-electron chi connectivity index (χ2n) is 13.2. The molecule has 0 fully saturated rings. The van der Waals surface area contributed by atoms with E-state index in [2.05, 4.69) is 83.8 Å². The molecular weight excluding hydrogens is 752 g/mol. The van der Waals surface area contributed by atoms with Crippen LogP contribution >= 0.6 is 31.9 Å². The minimum Gasteiger partial charge on any atom is -0.425 e. The molecule has 0 spiro atoms. The van der Waals surface area contributed by atoms with Gasteiger partial charge in [0.25, 0.3) is 0 Å². The fraction of sp³-hybridized carbons (Fsp3) is 0.318. The number of unbranched alkanes of at least 4 members (excludes halogenated alkanes) is 2. The van der Waals surface area contributed by atoms with Crippen molar-refractivity contribution in [1.29, 1.82) is 0 Å². The molecule has 0 amide bonds. The Morgan fingerprint density at radius 1 is 0.520 bits per heavy atom. The molecule has 0 aliphatic heterocycles. The van der Waals surface area contributed by atoms with Crippen LogP contribution in [0.1, 0.15) is 79.1 Å². The van der Waals surface area contributed by atoms with E-state index in [0.29, 0.717) is 11.5 Å². The summed E-state index contributed by atoms with van der Waals surface area (Å²) in [7, 11) is 0. The molecular formula is C44H44Br2O4. The van der Waals surface area contributed by atoms with Crippen molar-refractivity contribution >= 4 is 86.9 Å². The number of hydrogen-bond acceptors (Lipinski definition) is 4. The van der Waals surface area contributed by atoms with Gasteiger partial charge in [0, 0.05) is 30.5 Å². The van der Waals surface area contributed by atoms with Gasteiger partial charge in [-0.1, -0.05) is 134 Å². The second-order valence-corrected chi connectivity index (χ2v) is 15.0. The first-order valence-electron chi connectivity index (χ1n) is 18.0. The molecule has 50 heavy (non-hydrogen) atoms. The van der Waals surface area contributed by atoms with E-state index in [0.717, 1.165) is 115 Å². The van der Waals surface area contributed by atoms with Crippen LogP contribution in [0.3, 0.4) is 0 Å². The quantitative estimate of drug-likeness (QED) is 0.0664. The molecule has 6 aromatic rings. The summed E-state index contributed by atoms with van der Waals surface area (Å²) in [6.45, 7) is 8.41. The van der Waals surface area contributed by atoms with Gasteiger partial charge in [0.05, 0.1) is 11.8 Å². The molecule has 0 aromatic heterocycles. The second kappa shape index (κ2) is 16.1. The van der Waals surface area contributed by atoms with Crippen molar-refractivity contribution < 1.29 is 19.1 Å². The minimum absolute atomic E-state index is 0.159. The van der Waals surface area contributed by atoms with Crippen LogP contribution in [0, 0.1) is 11.8 Å². The number of carbonyl (C=O) groups is 2. The Labute approximate surface area is 311 Å². The van der Waals surface area contributed by atoms with E-state index in [1.165, 1.54) is 0 Å². The van der Waals surface area contributed by atoms with Crippen LogP contribution < -0.4 is 9.47 Å². The highest BCUT2D eigenvalue weighted by Gasteiger charge is 2.27. The Bertz CT molecular complexity index is 2050. The smallest absolute Gasteiger partial charge is 0.314 e. The average Bonchev–Trinajstić information content (AvgIpc) is 3.12. The molecule has 258 valence electrons. The van der Waals surface area contributed by atoms with Gasteiger partial charge in [-0.25, -0.2) is 0 Å². The summed E-state index contributed by atoms with van der Waals surface area (Å²) in [5.41, 5.74) is 2.06. The van der Waals surface area contributed by atoms with Crippen molar-refractivity contribution in [2.45, 2.75) is 79.1 Å². The van der Waals surface area contributed by atoms with Gasteiger partial charge in [-0.2, -0.15) is 0 Å². The third-order valence-corrected chi connectivity index (χ3v) is 11.0. The van der Waals surface area contributed by atoms with Crippen LogP contribution in [-0.4, -0.2) is 11.9 Å². The third-order valence-electron chi connectivity index (χ3n) is 9.99. The Morgan fingerprint density at radius 3 is 1.24 bits per heavy atom. The van der Waals surface area contributed by atoms with Crippen molar-refractivity contribution in [2.75, 3.05) is 0 Å². The summed E-state index contributed by atoms with van der Waals surface area (Å²) in [6.07, 6.45) is 7.14. The lowest BCUT2D eigenvalue weighted by atomic mass is 9.85. The standard InChI is InChI=1S/C44H44Br2O4/c1-5-9-15-27(7-3)43(47)49-41-33-19-13-11-17-31(33)39(37-25-29(45)21-23-35(37)41)40-32-18-12-14-20-34(32)42(36-24-22-30(46)26-38(36)40)50-44(48)28(8-4)16-10-6-2/h11-14,17-28H,5-10,15-16H2,1-4H3. The number of carbonyl (C=O) groups excluding carboxylic acids is 2. The number of benzene rings is 6. The molecule has 0 heterocycles. The van der Waals surface area contributed by atoms with E-state index < -0.39 is 0 Å². The Kier molecular flexibility index (Phi) is 11.6. The molecule has 2 unspecified atom stereocenters. The van der Waals surface area contributed by atoms with Crippen molar-refractivity contribution in [3.05, 3.63) is 93.9 Å². The number of rotatable bonds is 13. The monoisotopic (exact) mass is 794 g/mol. The zero-order chi connectivity index (χ0) is 35.4. The highest BCUT2D eigenvalue weighted by Crippen LogP contribution is 2.51. The van der Waals surface area contributed by atoms with E-state index in [-0.39, 0.29) is 23.8 Å². The Balaban J connectivity index is 1.67. The molecule has 6 aromatic carbocycles. The van der Waals surface area contributed by atoms with Crippen molar-refractivity contribution in [3.63, 3.8) is 0 Å². The van der Waals surface area contributed by atoms with Gasteiger partial charge in [-0.05, 0) is 94.8 Å². The molecule has 0 bridgehead atoms. The van der Waals surface area contributed by atoms with Gasteiger partial charge in [0.2, 0.25) is 0 Å². The predicted molar refractivity (Wildman–Crippen MR) is 215 cm³/mol. The van der Waals surface area contributed by atoms with E-state index in [9.17, 15) is 9.59 Å². The summed E-state index contributed by atoms with van der Waals surface area (Å²) in [5, 5.41) is 7.36. The summed E-state index contributed by atoms with van der Waals surface area (Å²) < 4.78 is 14.7. The zero-order valence-corrected chi connectivity index (χ0v) is 32.5. The molecule has 2 atom stereocenters.